The first-order valence-electron chi connectivity index (χ1n) is 9.71. The predicted octanol–water partition coefficient (Wildman–Crippen LogP) is 5.23. The summed E-state index contributed by atoms with van der Waals surface area (Å²) in [6.07, 6.45) is 3.17. The van der Waals surface area contributed by atoms with Gasteiger partial charge in [0.2, 0.25) is 0 Å². The van der Waals surface area contributed by atoms with Gasteiger partial charge in [0.25, 0.3) is 11.8 Å². The summed E-state index contributed by atoms with van der Waals surface area (Å²) in [5, 5.41) is 6.02. The molecule has 0 unspecified atom stereocenters. The molecule has 0 saturated heterocycles. The van der Waals surface area contributed by atoms with Gasteiger partial charge in [-0.1, -0.05) is 29.8 Å². The van der Waals surface area contributed by atoms with Crippen LogP contribution in [0.1, 0.15) is 26.4 Å². The van der Waals surface area contributed by atoms with Crippen LogP contribution >= 0.6 is 11.6 Å². The molecule has 0 spiro atoms. The third-order valence-corrected chi connectivity index (χ3v) is 4.88. The fourth-order valence-corrected chi connectivity index (χ4v) is 3.16. The predicted molar refractivity (Wildman–Crippen MR) is 122 cm³/mol. The van der Waals surface area contributed by atoms with Gasteiger partial charge in [-0.2, -0.15) is 0 Å². The number of rotatable bonds is 6. The Balaban J connectivity index is 1.35. The van der Waals surface area contributed by atoms with Gasteiger partial charge < -0.3 is 15.2 Å². The van der Waals surface area contributed by atoms with Crippen molar-refractivity contribution in [1.82, 2.24) is 9.55 Å². The standard InChI is InChI=1S/C24H18ClFN4O2/c25-18-8-6-17(7-9-18)23(31)28-20-10-4-16(5-11-20)13-30-14-22(27-15-30)24(32)29-21-3-1-2-19(26)12-21/h1-12,14-15H,13H2,(H,28,31)(H,29,32). The summed E-state index contributed by atoms with van der Waals surface area (Å²) in [4.78, 5) is 28.7. The highest BCUT2D eigenvalue weighted by molar-refractivity contribution is 6.30. The van der Waals surface area contributed by atoms with E-state index in [1.165, 1.54) is 18.2 Å². The van der Waals surface area contributed by atoms with Gasteiger partial charge in [0.15, 0.2) is 0 Å². The van der Waals surface area contributed by atoms with Crippen LogP contribution in [0.3, 0.4) is 0 Å². The second-order valence-electron chi connectivity index (χ2n) is 7.05. The van der Waals surface area contributed by atoms with E-state index in [4.69, 9.17) is 11.6 Å². The smallest absolute Gasteiger partial charge is 0.275 e. The van der Waals surface area contributed by atoms with Gasteiger partial charge in [-0.15, -0.1) is 0 Å². The van der Waals surface area contributed by atoms with Crippen molar-refractivity contribution in [2.45, 2.75) is 6.54 Å². The van der Waals surface area contributed by atoms with Crippen LogP contribution < -0.4 is 10.6 Å². The Labute approximate surface area is 188 Å². The molecular formula is C24H18ClFN4O2. The van der Waals surface area contributed by atoms with Gasteiger partial charge >= 0.3 is 0 Å². The number of imidazole rings is 1. The summed E-state index contributed by atoms with van der Waals surface area (Å²) in [6.45, 7) is 0.492. The normalized spacial score (nSPS) is 10.6. The molecule has 2 N–H and O–H groups in total. The Hall–Kier alpha value is -3.97. The first-order chi connectivity index (χ1) is 15.5. The molecule has 4 rings (SSSR count). The van der Waals surface area contributed by atoms with E-state index < -0.39 is 11.7 Å². The van der Waals surface area contributed by atoms with E-state index >= 15 is 0 Å². The van der Waals surface area contributed by atoms with Crippen LogP contribution in [0, 0.1) is 5.82 Å². The molecule has 6 nitrogen and oxygen atoms in total. The molecule has 0 bridgehead atoms. The molecule has 160 valence electrons. The van der Waals surface area contributed by atoms with Crippen LogP contribution in [0.25, 0.3) is 0 Å². The number of aromatic nitrogens is 2. The summed E-state index contributed by atoms with van der Waals surface area (Å²) in [7, 11) is 0. The van der Waals surface area contributed by atoms with Gasteiger partial charge in [0.05, 0.1) is 6.33 Å². The van der Waals surface area contributed by atoms with Crippen molar-refractivity contribution in [3.05, 3.63) is 113 Å². The Morgan fingerprint density at radius 2 is 1.62 bits per heavy atom. The average Bonchev–Trinajstić information content (AvgIpc) is 3.24. The van der Waals surface area contributed by atoms with Gasteiger partial charge in [0, 0.05) is 34.7 Å². The Bertz CT molecular complexity index is 1250. The number of carbonyl (C=O) groups excluding carboxylic acids is 2. The molecule has 0 aliphatic carbocycles. The highest BCUT2D eigenvalue weighted by atomic mass is 35.5. The molecule has 1 aromatic heterocycles. The molecular weight excluding hydrogens is 431 g/mol. The molecule has 3 aromatic carbocycles. The second-order valence-corrected chi connectivity index (χ2v) is 7.49. The lowest BCUT2D eigenvalue weighted by Crippen LogP contribution is -2.12. The number of halogens is 2. The topological polar surface area (TPSA) is 76.0 Å². The van der Waals surface area contributed by atoms with E-state index in [0.717, 1.165) is 5.56 Å². The molecule has 0 saturated carbocycles. The van der Waals surface area contributed by atoms with Crippen LogP contribution in [-0.4, -0.2) is 21.4 Å². The Morgan fingerprint density at radius 1 is 0.906 bits per heavy atom. The molecule has 0 aliphatic heterocycles. The van der Waals surface area contributed by atoms with Crippen LogP contribution in [0.5, 0.6) is 0 Å². The molecule has 1 heterocycles. The van der Waals surface area contributed by atoms with Gasteiger partial charge in [-0.3, -0.25) is 9.59 Å². The lowest BCUT2D eigenvalue weighted by molar-refractivity contribution is 0.101. The minimum Gasteiger partial charge on any atom is -0.332 e. The Morgan fingerprint density at radius 3 is 2.34 bits per heavy atom. The third-order valence-electron chi connectivity index (χ3n) is 4.63. The van der Waals surface area contributed by atoms with Gasteiger partial charge in [-0.05, 0) is 60.2 Å². The number of hydrogen-bond acceptors (Lipinski definition) is 3. The van der Waals surface area contributed by atoms with Gasteiger partial charge in [0.1, 0.15) is 11.5 Å². The van der Waals surface area contributed by atoms with E-state index in [-0.39, 0.29) is 11.6 Å². The molecule has 4 aromatic rings. The van der Waals surface area contributed by atoms with E-state index in [1.807, 2.05) is 12.1 Å². The maximum atomic E-state index is 13.3. The molecule has 8 heteroatoms. The summed E-state index contributed by atoms with van der Waals surface area (Å²) >= 11 is 5.85. The Kier molecular flexibility index (Phi) is 6.28. The number of anilines is 2. The van der Waals surface area contributed by atoms with Crippen molar-refractivity contribution in [3.63, 3.8) is 0 Å². The number of nitrogens with one attached hydrogen (secondary N) is 2. The first kappa shape index (κ1) is 21.3. The van der Waals surface area contributed by atoms with Crippen molar-refractivity contribution in [3.8, 4) is 0 Å². The third kappa shape index (κ3) is 5.39. The highest BCUT2D eigenvalue weighted by Gasteiger charge is 2.11. The maximum absolute atomic E-state index is 13.3. The van der Waals surface area contributed by atoms with Crippen molar-refractivity contribution in [2.75, 3.05) is 10.6 Å². The minimum atomic E-state index is -0.430. The fraction of sp³-hybridized carbons (Fsp3) is 0.0417. The lowest BCUT2D eigenvalue weighted by atomic mass is 10.2. The quantitative estimate of drug-likeness (QED) is 0.424. The number of nitrogens with zero attached hydrogens (tertiary/aromatic N) is 2. The zero-order chi connectivity index (χ0) is 22.5. The zero-order valence-corrected chi connectivity index (χ0v) is 17.5. The van der Waals surface area contributed by atoms with E-state index in [9.17, 15) is 14.0 Å². The maximum Gasteiger partial charge on any atom is 0.275 e. The SMILES string of the molecule is O=C(Nc1ccc(Cn2cnc(C(=O)Nc3cccc(F)c3)c2)cc1)c1ccc(Cl)cc1. The van der Waals surface area contributed by atoms with Crippen molar-refractivity contribution in [2.24, 2.45) is 0 Å². The van der Waals surface area contributed by atoms with E-state index in [2.05, 4.69) is 15.6 Å². The van der Waals surface area contributed by atoms with Crippen molar-refractivity contribution < 1.29 is 14.0 Å². The molecule has 0 atom stereocenters. The molecule has 0 aliphatic rings. The highest BCUT2D eigenvalue weighted by Crippen LogP contribution is 2.15. The summed E-state index contributed by atoms with van der Waals surface area (Å²) in [6, 6.07) is 19.7. The summed E-state index contributed by atoms with van der Waals surface area (Å²) in [5.41, 5.74) is 2.72. The van der Waals surface area contributed by atoms with Crippen molar-refractivity contribution >= 4 is 34.8 Å². The number of carbonyl (C=O) groups is 2. The van der Waals surface area contributed by atoms with Crippen LogP contribution in [0.15, 0.2) is 85.3 Å². The molecule has 32 heavy (non-hydrogen) atoms. The average molecular weight is 449 g/mol. The van der Waals surface area contributed by atoms with Crippen molar-refractivity contribution in [1.29, 1.82) is 0 Å². The first-order valence-corrected chi connectivity index (χ1v) is 10.1. The number of benzene rings is 3. The fourth-order valence-electron chi connectivity index (χ4n) is 3.03. The van der Waals surface area contributed by atoms with Crippen LogP contribution in [0.4, 0.5) is 15.8 Å². The minimum absolute atomic E-state index is 0.223. The summed E-state index contributed by atoms with van der Waals surface area (Å²) in [5.74, 6) is -1.08. The van der Waals surface area contributed by atoms with Gasteiger partial charge in [-0.25, -0.2) is 9.37 Å². The van der Waals surface area contributed by atoms with Crippen LogP contribution in [-0.2, 0) is 6.54 Å². The number of amides is 2. The largest absolute Gasteiger partial charge is 0.332 e. The zero-order valence-electron chi connectivity index (χ0n) is 16.8. The molecule has 0 radical (unpaired) electrons. The van der Waals surface area contributed by atoms with E-state index in [0.29, 0.717) is 28.5 Å². The lowest BCUT2D eigenvalue weighted by Gasteiger charge is -2.07. The van der Waals surface area contributed by atoms with E-state index in [1.54, 1.807) is 59.6 Å². The summed E-state index contributed by atoms with van der Waals surface area (Å²) < 4.78 is 15.0. The molecule has 2 amide bonds. The van der Waals surface area contributed by atoms with Crippen LogP contribution in [0.2, 0.25) is 5.02 Å². The monoisotopic (exact) mass is 448 g/mol. The number of hydrogen-bond donors (Lipinski definition) is 2. The second kappa shape index (κ2) is 9.45. The molecule has 0 fully saturated rings.